The van der Waals surface area contributed by atoms with E-state index in [1.807, 2.05) is 67.8 Å². The minimum Gasteiger partial charge on any atom is -0.489 e. The van der Waals surface area contributed by atoms with E-state index in [0.29, 0.717) is 13.2 Å². The zero-order chi connectivity index (χ0) is 20.1. The largest absolute Gasteiger partial charge is 0.489 e. The van der Waals surface area contributed by atoms with Gasteiger partial charge in [0.2, 0.25) is 0 Å². The van der Waals surface area contributed by atoms with E-state index in [0.717, 1.165) is 27.8 Å². The first-order valence-electron chi connectivity index (χ1n) is 9.91. The smallest absolute Gasteiger partial charge is 0.120 e. The number of likely N-dealkylation sites (N-methyl/N-ethyl adjacent to an activating group) is 1. The van der Waals surface area contributed by atoms with Gasteiger partial charge in [-0.3, -0.25) is 0 Å². The quantitative estimate of drug-likeness (QED) is 0.428. The van der Waals surface area contributed by atoms with Crippen LogP contribution in [-0.4, -0.2) is 29.4 Å². The molecule has 0 aliphatic heterocycles. The summed E-state index contributed by atoms with van der Waals surface area (Å²) in [5, 5.41) is 15.2. The van der Waals surface area contributed by atoms with Crippen molar-refractivity contribution in [3.05, 3.63) is 102 Å². The maximum Gasteiger partial charge on any atom is 0.120 e. The number of hydrogen-bond donors (Lipinski definition) is 2. The van der Waals surface area contributed by atoms with Gasteiger partial charge in [-0.15, -0.1) is 12.4 Å². The normalized spacial score (nSPS) is 12.9. The van der Waals surface area contributed by atoms with Gasteiger partial charge in [0.25, 0.3) is 0 Å². The van der Waals surface area contributed by atoms with Gasteiger partial charge >= 0.3 is 0 Å². The summed E-state index contributed by atoms with van der Waals surface area (Å²) in [6, 6.07) is 28.3. The van der Waals surface area contributed by atoms with Crippen LogP contribution < -0.4 is 10.1 Å². The van der Waals surface area contributed by atoms with Gasteiger partial charge in [-0.2, -0.15) is 0 Å². The first-order chi connectivity index (χ1) is 14.3. The first kappa shape index (κ1) is 21.9. The van der Waals surface area contributed by atoms with E-state index in [-0.39, 0.29) is 18.4 Å². The fourth-order valence-corrected chi connectivity index (χ4v) is 3.77. The molecule has 0 saturated heterocycles. The molecule has 2 atom stereocenters. The van der Waals surface area contributed by atoms with Crippen LogP contribution in [-0.2, 0) is 6.61 Å². The van der Waals surface area contributed by atoms with Crippen molar-refractivity contribution >= 4 is 23.3 Å². The molecule has 1 aromatic heterocycles. The van der Waals surface area contributed by atoms with E-state index in [4.69, 9.17) is 4.74 Å². The highest BCUT2D eigenvalue weighted by atomic mass is 35.5. The Labute approximate surface area is 183 Å². The number of fused-ring (bicyclic) bond motifs is 1. The molecule has 0 saturated carbocycles. The molecule has 5 heteroatoms. The molecule has 2 N–H and O–H groups in total. The molecule has 0 spiro atoms. The van der Waals surface area contributed by atoms with Crippen LogP contribution in [0.4, 0.5) is 0 Å². The Hall–Kier alpha value is -2.79. The fraction of sp³-hybridized carbons (Fsp3) is 0.200. The van der Waals surface area contributed by atoms with Crippen molar-refractivity contribution in [1.29, 1.82) is 0 Å². The third-order valence-electron chi connectivity index (χ3n) is 5.15. The van der Waals surface area contributed by atoms with Crippen LogP contribution in [0.5, 0.6) is 5.75 Å². The SMILES string of the molecule is CNCC(O)C(c1cccc(OCc2ccccc2)c1)n1ccc2ccccc21.Cl. The highest BCUT2D eigenvalue weighted by Gasteiger charge is 2.24. The molecule has 4 rings (SSSR count). The van der Waals surface area contributed by atoms with Crippen molar-refractivity contribution < 1.29 is 9.84 Å². The highest BCUT2D eigenvalue weighted by molar-refractivity contribution is 5.85. The summed E-state index contributed by atoms with van der Waals surface area (Å²) in [5.74, 6) is 0.796. The second-order valence-electron chi connectivity index (χ2n) is 7.20. The molecule has 156 valence electrons. The number of rotatable bonds is 8. The molecule has 4 nitrogen and oxygen atoms in total. The van der Waals surface area contributed by atoms with Gasteiger partial charge in [-0.25, -0.2) is 0 Å². The van der Waals surface area contributed by atoms with Crippen LogP contribution in [0.25, 0.3) is 10.9 Å². The van der Waals surface area contributed by atoms with Gasteiger partial charge < -0.3 is 19.7 Å². The van der Waals surface area contributed by atoms with Gasteiger partial charge in [0, 0.05) is 18.3 Å². The number of benzene rings is 3. The summed E-state index contributed by atoms with van der Waals surface area (Å²) in [4.78, 5) is 0. The second kappa shape index (κ2) is 10.3. The summed E-state index contributed by atoms with van der Waals surface area (Å²) in [5.41, 5.74) is 3.24. The van der Waals surface area contributed by atoms with E-state index in [1.54, 1.807) is 0 Å². The number of halogens is 1. The van der Waals surface area contributed by atoms with Crippen molar-refractivity contribution in [3.8, 4) is 5.75 Å². The Kier molecular flexibility index (Phi) is 7.52. The second-order valence-corrected chi connectivity index (χ2v) is 7.20. The maximum absolute atomic E-state index is 11.0. The number of para-hydroxylation sites is 1. The number of ether oxygens (including phenoxy) is 1. The van der Waals surface area contributed by atoms with Gasteiger partial charge in [-0.1, -0.05) is 60.7 Å². The lowest BCUT2D eigenvalue weighted by molar-refractivity contribution is 0.132. The number of aliphatic hydroxyl groups excluding tert-OH is 1. The Morgan fingerprint density at radius 2 is 1.70 bits per heavy atom. The molecule has 0 bridgehead atoms. The highest BCUT2D eigenvalue weighted by Crippen LogP contribution is 2.30. The Balaban J connectivity index is 0.00000256. The molecule has 0 amide bonds. The van der Waals surface area contributed by atoms with Crippen molar-refractivity contribution in [2.45, 2.75) is 18.8 Å². The molecule has 0 radical (unpaired) electrons. The lowest BCUT2D eigenvalue weighted by Gasteiger charge is -2.26. The Morgan fingerprint density at radius 1 is 0.933 bits per heavy atom. The molecular weight excluding hydrogens is 396 g/mol. The average molecular weight is 423 g/mol. The summed E-state index contributed by atoms with van der Waals surface area (Å²) < 4.78 is 8.17. The van der Waals surface area contributed by atoms with E-state index in [1.165, 1.54) is 0 Å². The van der Waals surface area contributed by atoms with Crippen LogP contribution >= 0.6 is 12.4 Å². The van der Waals surface area contributed by atoms with E-state index >= 15 is 0 Å². The van der Waals surface area contributed by atoms with Crippen LogP contribution in [0, 0.1) is 0 Å². The predicted molar refractivity (Wildman–Crippen MR) is 124 cm³/mol. The van der Waals surface area contributed by atoms with Crippen LogP contribution in [0.3, 0.4) is 0 Å². The lowest BCUT2D eigenvalue weighted by atomic mass is 10.00. The number of nitrogens with one attached hydrogen (secondary N) is 1. The lowest BCUT2D eigenvalue weighted by Crippen LogP contribution is -2.33. The van der Waals surface area contributed by atoms with Crippen LogP contribution in [0.2, 0.25) is 0 Å². The van der Waals surface area contributed by atoms with Gasteiger partial charge in [0.1, 0.15) is 12.4 Å². The predicted octanol–water partition coefficient (Wildman–Crippen LogP) is 4.81. The van der Waals surface area contributed by atoms with Gasteiger partial charge in [0.15, 0.2) is 0 Å². The Bertz CT molecular complexity index is 1060. The molecule has 0 aliphatic carbocycles. The van der Waals surface area contributed by atoms with Crippen LogP contribution in [0.15, 0.2) is 91.1 Å². The first-order valence-corrected chi connectivity index (χ1v) is 9.91. The molecule has 1 heterocycles. The average Bonchev–Trinajstić information content (AvgIpc) is 3.18. The number of hydrogen-bond acceptors (Lipinski definition) is 3. The van der Waals surface area contributed by atoms with Crippen molar-refractivity contribution in [2.75, 3.05) is 13.6 Å². The monoisotopic (exact) mass is 422 g/mol. The van der Waals surface area contributed by atoms with E-state index < -0.39 is 6.10 Å². The minimum absolute atomic E-state index is 0. The zero-order valence-electron chi connectivity index (χ0n) is 16.9. The maximum atomic E-state index is 11.0. The van der Waals surface area contributed by atoms with Crippen molar-refractivity contribution in [2.24, 2.45) is 0 Å². The summed E-state index contributed by atoms with van der Waals surface area (Å²) >= 11 is 0. The van der Waals surface area contributed by atoms with E-state index in [9.17, 15) is 5.11 Å². The number of aliphatic hydroxyl groups is 1. The molecular formula is C25H27ClN2O2. The van der Waals surface area contributed by atoms with Crippen molar-refractivity contribution in [1.82, 2.24) is 9.88 Å². The molecule has 2 unspecified atom stereocenters. The minimum atomic E-state index is -0.583. The molecule has 30 heavy (non-hydrogen) atoms. The molecule has 3 aromatic carbocycles. The standard InChI is InChI=1S/C25H26N2O2.ClH/c1-26-17-24(28)25(27-15-14-20-10-5-6-13-23(20)27)21-11-7-12-22(16-21)29-18-19-8-3-2-4-9-19;/h2-16,24-26,28H,17-18H2,1H3;1H. The fourth-order valence-electron chi connectivity index (χ4n) is 3.77. The molecule has 4 aromatic rings. The third kappa shape index (κ3) is 4.85. The summed E-state index contributed by atoms with van der Waals surface area (Å²) in [6.07, 6.45) is 1.46. The van der Waals surface area contributed by atoms with Crippen LogP contribution in [0.1, 0.15) is 17.2 Å². The number of nitrogens with zero attached hydrogens (tertiary/aromatic N) is 1. The molecule has 0 aliphatic rings. The number of aromatic nitrogens is 1. The van der Waals surface area contributed by atoms with Crippen molar-refractivity contribution in [3.63, 3.8) is 0 Å². The summed E-state index contributed by atoms with van der Waals surface area (Å²) in [7, 11) is 1.85. The summed E-state index contributed by atoms with van der Waals surface area (Å²) in [6.45, 7) is 1.01. The zero-order valence-corrected chi connectivity index (χ0v) is 17.8. The van der Waals surface area contributed by atoms with Gasteiger partial charge in [-0.05, 0) is 47.8 Å². The topological polar surface area (TPSA) is 46.4 Å². The van der Waals surface area contributed by atoms with E-state index in [2.05, 4.69) is 40.2 Å². The molecule has 0 fully saturated rings. The third-order valence-corrected chi connectivity index (χ3v) is 5.15. The Morgan fingerprint density at radius 3 is 2.50 bits per heavy atom. The van der Waals surface area contributed by atoms with Gasteiger partial charge in [0.05, 0.1) is 12.1 Å².